The predicted octanol–water partition coefficient (Wildman–Crippen LogP) is 1.97. The lowest BCUT2D eigenvalue weighted by Crippen LogP contribution is -2.41. The van der Waals surface area contributed by atoms with Gasteiger partial charge in [0.05, 0.1) is 26.9 Å². The van der Waals surface area contributed by atoms with Crippen molar-refractivity contribution in [3.8, 4) is 5.75 Å². The molecule has 0 radical (unpaired) electrons. The summed E-state index contributed by atoms with van der Waals surface area (Å²) in [4.78, 5) is 4.75. The third kappa shape index (κ3) is 5.16. The van der Waals surface area contributed by atoms with Crippen LogP contribution in [0, 0.1) is 0 Å². The molecular formula is C20H28N2O3. The molecule has 1 heterocycles. The SMILES string of the molecule is COc1ccc2cc(CN(CCO)CCN3CCOCC3)ccc2c1. The van der Waals surface area contributed by atoms with Gasteiger partial charge in [-0.3, -0.25) is 9.80 Å². The van der Waals surface area contributed by atoms with Gasteiger partial charge < -0.3 is 14.6 Å². The van der Waals surface area contributed by atoms with E-state index in [4.69, 9.17) is 9.47 Å². The zero-order valence-electron chi connectivity index (χ0n) is 15.0. The molecule has 1 saturated heterocycles. The normalized spacial score (nSPS) is 15.8. The standard InChI is InChI=1S/C20H28N2O3/c1-24-20-5-4-18-14-17(2-3-19(18)15-20)16-22(8-11-23)7-6-21-9-12-25-13-10-21/h2-5,14-15,23H,6-13,16H2,1H3. The first-order valence-corrected chi connectivity index (χ1v) is 8.98. The van der Waals surface area contributed by atoms with Gasteiger partial charge in [-0.2, -0.15) is 0 Å². The molecule has 0 atom stereocenters. The molecular weight excluding hydrogens is 316 g/mol. The maximum Gasteiger partial charge on any atom is 0.119 e. The van der Waals surface area contributed by atoms with Crippen LogP contribution in [-0.2, 0) is 11.3 Å². The Morgan fingerprint density at radius 2 is 1.84 bits per heavy atom. The molecule has 1 fully saturated rings. The molecule has 3 rings (SSSR count). The Kier molecular flexibility index (Phi) is 6.64. The molecule has 0 spiro atoms. The van der Waals surface area contributed by atoms with E-state index in [2.05, 4.69) is 40.1 Å². The maximum absolute atomic E-state index is 9.39. The second kappa shape index (κ2) is 9.15. The summed E-state index contributed by atoms with van der Waals surface area (Å²) in [6.45, 7) is 7.39. The summed E-state index contributed by atoms with van der Waals surface area (Å²) in [5, 5.41) is 11.8. The number of ether oxygens (including phenoxy) is 2. The third-order valence-corrected chi connectivity index (χ3v) is 4.77. The first-order chi connectivity index (χ1) is 12.3. The van der Waals surface area contributed by atoms with Crippen molar-refractivity contribution >= 4 is 10.8 Å². The molecule has 1 aliphatic heterocycles. The summed E-state index contributed by atoms with van der Waals surface area (Å²) < 4.78 is 10.7. The fraction of sp³-hybridized carbons (Fsp3) is 0.500. The minimum absolute atomic E-state index is 0.188. The highest BCUT2D eigenvalue weighted by Gasteiger charge is 2.13. The van der Waals surface area contributed by atoms with Crippen LogP contribution in [0.25, 0.3) is 10.8 Å². The van der Waals surface area contributed by atoms with Crippen LogP contribution in [0.4, 0.5) is 0 Å². The molecule has 0 saturated carbocycles. The van der Waals surface area contributed by atoms with Gasteiger partial charge >= 0.3 is 0 Å². The molecule has 136 valence electrons. The number of aliphatic hydroxyl groups excluding tert-OH is 1. The number of benzene rings is 2. The molecule has 0 aromatic heterocycles. The lowest BCUT2D eigenvalue weighted by atomic mass is 10.1. The monoisotopic (exact) mass is 344 g/mol. The second-order valence-electron chi connectivity index (χ2n) is 6.50. The lowest BCUT2D eigenvalue weighted by molar-refractivity contribution is 0.0320. The van der Waals surface area contributed by atoms with E-state index in [0.29, 0.717) is 6.54 Å². The number of nitrogens with zero attached hydrogens (tertiary/aromatic N) is 2. The average Bonchev–Trinajstić information content (AvgIpc) is 2.66. The highest BCUT2D eigenvalue weighted by Crippen LogP contribution is 2.22. The number of methoxy groups -OCH3 is 1. The molecule has 0 unspecified atom stereocenters. The second-order valence-corrected chi connectivity index (χ2v) is 6.50. The number of hydrogen-bond donors (Lipinski definition) is 1. The van der Waals surface area contributed by atoms with E-state index >= 15 is 0 Å². The van der Waals surface area contributed by atoms with E-state index in [9.17, 15) is 5.11 Å². The zero-order valence-corrected chi connectivity index (χ0v) is 15.0. The molecule has 0 amide bonds. The van der Waals surface area contributed by atoms with Crippen molar-refractivity contribution in [3.05, 3.63) is 42.0 Å². The van der Waals surface area contributed by atoms with E-state index in [1.807, 2.05) is 6.07 Å². The first kappa shape index (κ1) is 18.1. The minimum Gasteiger partial charge on any atom is -0.497 e. The lowest BCUT2D eigenvalue weighted by Gasteiger charge is -2.30. The van der Waals surface area contributed by atoms with Gasteiger partial charge in [0.1, 0.15) is 5.75 Å². The number of hydrogen-bond acceptors (Lipinski definition) is 5. The van der Waals surface area contributed by atoms with Crippen molar-refractivity contribution < 1.29 is 14.6 Å². The van der Waals surface area contributed by atoms with Crippen LogP contribution in [0.1, 0.15) is 5.56 Å². The van der Waals surface area contributed by atoms with Gasteiger partial charge in [0.2, 0.25) is 0 Å². The third-order valence-electron chi connectivity index (χ3n) is 4.77. The molecule has 0 bridgehead atoms. The van der Waals surface area contributed by atoms with E-state index in [-0.39, 0.29) is 6.61 Å². The summed E-state index contributed by atoms with van der Waals surface area (Å²) in [6, 6.07) is 12.7. The van der Waals surface area contributed by atoms with Crippen molar-refractivity contribution in [2.75, 3.05) is 59.7 Å². The topological polar surface area (TPSA) is 45.2 Å². The highest BCUT2D eigenvalue weighted by atomic mass is 16.5. The number of rotatable bonds is 8. The van der Waals surface area contributed by atoms with Crippen LogP contribution < -0.4 is 4.74 Å². The van der Waals surface area contributed by atoms with Crippen molar-refractivity contribution in [1.82, 2.24) is 9.80 Å². The Labute approximate surface area is 149 Å². The highest BCUT2D eigenvalue weighted by molar-refractivity contribution is 5.84. The summed E-state index contributed by atoms with van der Waals surface area (Å²) in [7, 11) is 1.69. The number of morpholine rings is 1. The predicted molar refractivity (Wildman–Crippen MR) is 100 cm³/mol. The average molecular weight is 344 g/mol. The largest absolute Gasteiger partial charge is 0.497 e. The van der Waals surface area contributed by atoms with Crippen LogP contribution in [0.15, 0.2) is 36.4 Å². The van der Waals surface area contributed by atoms with Crippen molar-refractivity contribution in [3.63, 3.8) is 0 Å². The Hall–Kier alpha value is -1.66. The van der Waals surface area contributed by atoms with Gasteiger partial charge in [0, 0.05) is 39.3 Å². The summed E-state index contributed by atoms with van der Waals surface area (Å²) in [5.74, 6) is 0.882. The van der Waals surface area contributed by atoms with Crippen LogP contribution in [-0.4, -0.2) is 74.6 Å². The van der Waals surface area contributed by atoms with Crippen molar-refractivity contribution in [1.29, 1.82) is 0 Å². The minimum atomic E-state index is 0.188. The van der Waals surface area contributed by atoms with Crippen LogP contribution in [0.3, 0.4) is 0 Å². The zero-order chi connectivity index (χ0) is 17.5. The van der Waals surface area contributed by atoms with Crippen molar-refractivity contribution in [2.24, 2.45) is 0 Å². The van der Waals surface area contributed by atoms with Gasteiger partial charge in [0.15, 0.2) is 0 Å². The Bertz CT molecular complexity index is 671. The Morgan fingerprint density at radius 3 is 2.60 bits per heavy atom. The fourth-order valence-electron chi connectivity index (χ4n) is 3.28. The quantitative estimate of drug-likeness (QED) is 0.793. The molecule has 1 N–H and O–H groups in total. The molecule has 25 heavy (non-hydrogen) atoms. The van der Waals surface area contributed by atoms with Gasteiger partial charge in [-0.05, 0) is 34.5 Å². The Morgan fingerprint density at radius 1 is 1.08 bits per heavy atom. The maximum atomic E-state index is 9.39. The van der Waals surface area contributed by atoms with Crippen LogP contribution in [0.5, 0.6) is 5.75 Å². The smallest absolute Gasteiger partial charge is 0.119 e. The molecule has 2 aromatic carbocycles. The van der Waals surface area contributed by atoms with Gasteiger partial charge in [0.25, 0.3) is 0 Å². The number of aliphatic hydroxyl groups is 1. The Balaban J connectivity index is 1.63. The summed E-state index contributed by atoms with van der Waals surface area (Å²) >= 11 is 0. The van der Waals surface area contributed by atoms with Gasteiger partial charge in [-0.15, -0.1) is 0 Å². The van der Waals surface area contributed by atoms with E-state index < -0.39 is 0 Å². The van der Waals surface area contributed by atoms with Gasteiger partial charge in [-0.25, -0.2) is 0 Å². The van der Waals surface area contributed by atoms with Gasteiger partial charge in [-0.1, -0.05) is 18.2 Å². The van der Waals surface area contributed by atoms with E-state index in [1.165, 1.54) is 16.3 Å². The van der Waals surface area contributed by atoms with E-state index in [1.54, 1.807) is 7.11 Å². The molecule has 5 nitrogen and oxygen atoms in total. The molecule has 0 aliphatic carbocycles. The fourth-order valence-corrected chi connectivity index (χ4v) is 3.28. The van der Waals surface area contributed by atoms with Crippen LogP contribution in [0.2, 0.25) is 0 Å². The summed E-state index contributed by atoms with van der Waals surface area (Å²) in [5.41, 5.74) is 1.27. The first-order valence-electron chi connectivity index (χ1n) is 8.98. The molecule has 2 aromatic rings. The number of fused-ring (bicyclic) bond motifs is 1. The van der Waals surface area contributed by atoms with Crippen LogP contribution >= 0.6 is 0 Å². The molecule has 1 aliphatic rings. The van der Waals surface area contributed by atoms with E-state index in [0.717, 1.165) is 51.7 Å². The molecule has 5 heteroatoms. The summed E-state index contributed by atoms with van der Waals surface area (Å²) in [6.07, 6.45) is 0. The van der Waals surface area contributed by atoms with Crippen molar-refractivity contribution in [2.45, 2.75) is 6.54 Å².